The molecule has 4 N–H and O–H groups in total. The number of alkyl halides is 6. The van der Waals surface area contributed by atoms with Gasteiger partial charge in [-0.3, -0.25) is 19.4 Å². The van der Waals surface area contributed by atoms with E-state index in [4.69, 9.17) is 59.3 Å². The summed E-state index contributed by atoms with van der Waals surface area (Å²) in [6.45, 7) is 20.1. The highest BCUT2D eigenvalue weighted by Crippen LogP contribution is 2.38. The van der Waals surface area contributed by atoms with E-state index in [1.807, 2.05) is 133 Å². The number of halogens is 12. The number of carbonyl (C=O) groups is 6. The van der Waals surface area contributed by atoms with Crippen molar-refractivity contribution < 1.29 is 63.9 Å². The van der Waals surface area contributed by atoms with Gasteiger partial charge in [-0.1, -0.05) is 194 Å². The molecule has 0 saturated carbocycles. The Labute approximate surface area is 896 Å². The molecule has 6 heterocycles. The highest BCUT2D eigenvalue weighted by atomic mass is 35.5. The minimum atomic E-state index is -4.72. The minimum absolute atomic E-state index is 0.0802. The first-order valence-corrected chi connectivity index (χ1v) is 53.5. The molecule has 0 radical (unpaired) electrons. The van der Waals surface area contributed by atoms with Crippen molar-refractivity contribution in [3.8, 4) is 24.7 Å². The number of anilines is 6. The van der Waals surface area contributed by atoms with E-state index < -0.39 is 47.2 Å². The molecule has 0 bridgehead atoms. The Morgan fingerprint density at radius 3 is 1.03 bits per heavy atom. The van der Waals surface area contributed by atoms with E-state index in [1.165, 1.54) is 48.2 Å². The number of ketones is 2. The van der Waals surface area contributed by atoms with Crippen molar-refractivity contribution in [3.05, 3.63) is 318 Å². The topological polar surface area (TPSA) is 183 Å². The lowest BCUT2D eigenvalue weighted by Crippen LogP contribution is -2.48. The van der Waals surface area contributed by atoms with Gasteiger partial charge >= 0.3 is 36.5 Å². The number of Topliss-reactive ketones (excluding diaryl/α,β-unsaturated/α-hetero) is 2. The quantitative estimate of drug-likeness (QED) is 0.0170. The van der Waals surface area contributed by atoms with Gasteiger partial charge < -0.3 is 60.5 Å². The molecule has 0 aliphatic carbocycles. The molecule has 6 aliphatic heterocycles. The van der Waals surface area contributed by atoms with Crippen molar-refractivity contribution in [1.82, 2.24) is 39.2 Å². The highest BCUT2D eigenvalue weighted by molar-refractivity contribution is 6.42. The SMILES string of the molecule is C#CCCCN1CCC(N(Cc2ccccc2CC(=O)CC)C(=O)Nc2ccc(Cl)c(Cl)c2)CC1.C#CCCCN1CCC(N(Cc2ccccc2CC(=O)CC)C(=O)Nc2ccc(Cl)c(Cl)c2)CC1.O=C(Nc1cc(F)cc(C(F)(F)F)c1)N(Cc1ccccc1)C1CCN(Cc2ccc(N3CCCC3)cc2)CC1.O=C(Nc1cc(F)cc(C(F)(F)F)c1)N(Cc1ccccc1)C1CCN(Cc2cccc(N3CCCC3)c2)CC1. The number of hydrogen-bond donors (Lipinski definition) is 4. The number of amides is 8. The van der Waals surface area contributed by atoms with Crippen LogP contribution in [0.2, 0.25) is 20.1 Å². The number of nitrogens with zero attached hydrogens (tertiary/aromatic N) is 10. The molecule has 20 nitrogen and oxygen atoms in total. The zero-order valence-electron chi connectivity index (χ0n) is 85.1. The van der Waals surface area contributed by atoms with Gasteiger partial charge in [0.15, 0.2) is 0 Å². The van der Waals surface area contributed by atoms with Crippen LogP contribution in [0.15, 0.2) is 231 Å². The summed E-state index contributed by atoms with van der Waals surface area (Å²) in [7, 11) is 0. The first-order chi connectivity index (χ1) is 72.3. The minimum Gasteiger partial charge on any atom is -0.372 e. The molecule has 10 aromatic rings. The Hall–Kier alpha value is -12.2. The van der Waals surface area contributed by atoms with Crippen molar-refractivity contribution in [2.45, 2.75) is 218 Å². The molecule has 6 fully saturated rings. The van der Waals surface area contributed by atoms with E-state index in [9.17, 15) is 63.9 Å². The molecular formula is C118H134Cl4F8N14O6. The van der Waals surface area contributed by atoms with Gasteiger partial charge in [-0.15, -0.1) is 24.7 Å². The molecule has 8 amide bonds. The van der Waals surface area contributed by atoms with Crippen LogP contribution in [0, 0.1) is 36.3 Å². The Balaban J connectivity index is 0.000000167. The average Bonchev–Trinajstić information content (AvgIpc) is 1.09. The van der Waals surface area contributed by atoms with Gasteiger partial charge in [0.1, 0.15) is 23.2 Å². The van der Waals surface area contributed by atoms with Gasteiger partial charge in [-0.25, -0.2) is 28.0 Å². The number of hydrogen-bond acceptors (Lipinski definition) is 12. The van der Waals surface area contributed by atoms with Gasteiger partial charge in [-0.05, 0) is 245 Å². The number of rotatable bonds is 34. The Kier molecular flexibility index (Phi) is 43.9. The van der Waals surface area contributed by atoms with Crippen LogP contribution < -0.4 is 31.1 Å². The van der Waals surface area contributed by atoms with Crippen LogP contribution in [0.4, 0.5) is 88.4 Å². The van der Waals surface area contributed by atoms with E-state index in [0.29, 0.717) is 95.5 Å². The number of benzene rings is 10. The van der Waals surface area contributed by atoms with Crippen LogP contribution in [0.3, 0.4) is 0 Å². The zero-order valence-corrected chi connectivity index (χ0v) is 88.2. The molecule has 0 unspecified atom stereocenters. The lowest BCUT2D eigenvalue weighted by Gasteiger charge is -2.39. The van der Waals surface area contributed by atoms with Gasteiger partial charge in [0.2, 0.25) is 0 Å². The third-order valence-corrected chi connectivity index (χ3v) is 29.9. The number of carbonyl (C=O) groups excluding carboxylic acids is 6. The molecule has 32 heteroatoms. The monoisotopic (exact) mass is 2130 g/mol. The van der Waals surface area contributed by atoms with Crippen LogP contribution in [0.5, 0.6) is 0 Å². The van der Waals surface area contributed by atoms with Crippen molar-refractivity contribution >= 4 is 116 Å². The summed E-state index contributed by atoms with van der Waals surface area (Å²) in [5, 5.41) is 12.7. The first-order valence-electron chi connectivity index (χ1n) is 52.0. The van der Waals surface area contributed by atoms with Gasteiger partial charge in [0.25, 0.3) is 0 Å². The molecule has 0 aromatic heterocycles. The zero-order chi connectivity index (χ0) is 107. The maximum atomic E-state index is 14.0. The summed E-state index contributed by atoms with van der Waals surface area (Å²) in [6, 6.07) is 64.9. The maximum absolute atomic E-state index is 14.0. The summed E-state index contributed by atoms with van der Waals surface area (Å²) < 4.78 is 107. The summed E-state index contributed by atoms with van der Waals surface area (Å²) in [5.41, 5.74) is 9.26. The van der Waals surface area contributed by atoms with Gasteiger partial charge in [0, 0.05) is 215 Å². The van der Waals surface area contributed by atoms with Crippen LogP contribution in [-0.4, -0.2) is 191 Å². The molecular weight excluding hydrogens is 2000 g/mol. The van der Waals surface area contributed by atoms with Crippen LogP contribution in [0.1, 0.15) is 185 Å². The maximum Gasteiger partial charge on any atom is 0.416 e. The second-order valence-corrected chi connectivity index (χ2v) is 40.7. The number of terminal acetylenes is 2. The average molecular weight is 2140 g/mol. The Morgan fingerprint density at radius 1 is 0.340 bits per heavy atom. The normalized spacial score (nSPS) is 15.6. The smallest absolute Gasteiger partial charge is 0.372 e. The number of unbranched alkanes of at least 4 members (excludes halogenated alkanes) is 2. The fourth-order valence-electron chi connectivity index (χ4n) is 20.0. The van der Waals surface area contributed by atoms with Crippen molar-refractivity contribution in [3.63, 3.8) is 0 Å². The molecule has 0 atom stereocenters. The van der Waals surface area contributed by atoms with Crippen LogP contribution >= 0.6 is 46.4 Å². The van der Waals surface area contributed by atoms with Gasteiger partial charge in [-0.2, -0.15) is 26.3 Å². The summed E-state index contributed by atoms with van der Waals surface area (Å²) in [4.78, 5) is 99.7. The highest BCUT2D eigenvalue weighted by Gasteiger charge is 2.38. The third-order valence-electron chi connectivity index (χ3n) is 28.4. The number of likely N-dealkylation sites (tertiary alicyclic amines) is 4. The standard InChI is InChI=1S/2C31H34F4N4O.2C28H33Cl2N3O2/c32-26-18-25(31(33,34)35)19-27(20-26)36-30(40)39(22-23-7-2-1-3-8-23)28-11-15-37(16-12-28)21-24-9-6-10-29(17-24)38-13-4-5-14-38;32-26-18-25(31(33,34)35)19-27(20-26)36-30(40)39(22-23-6-2-1-3-7-23)29-12-16-37(17-13-29)21-24-8-10-28(11-9-24)38-14-4-5-15-38;2*1-3-5-8-15-32-16-13-24(14-17-32)33(28(35)31-23-11-12-26(29)27(30)19-23)20-22-10-7-6-9-21(22)18-25(34)4-2/h1-3,6-10,17-20,28H,4-5,11-16,21-22H2,(H,36,40);1-3,6-11,18-20,29H,4-5,12-17,21-22H2,(H,36,40);2*1,6-7,9-12,19,24H,4-5,8,13-18,20H2,2H3,(H,31,35). The Morgan fingerprint density at radius 2 is 0.673 bits per heavy atom. The lowest BCUT2D eigenvalue weighted by atomic mass is 9.98. The van der Waals surface area contributed by atoms with Gasteiger partial charge in [0.05, 0.1) is 31.2 Å². The predicted octanol–water partition coefficient (Wildman–Crippen LogP) is 27.1. The van der Waals surface area contributed by atoms with E-state index >= 15 is 0 Å². The molecule has 16 rings (SSSR count). The number of piperidine rings is 4. The van der Waals surface area contributed by atoms with Crippen LogP contribution in [0.25, 0.3) is 0 Å². The predicted molar refractivity (Wildman–Crippen MR) is 585 cm³/mol. The van der Waals surface area contributed by atoms with E-state index in [1.54, 1.807) is 46.2 Å². The lowest BCUT2D eigenvalue weighted by molar-refractivity contribution is -0.138. The van der Waals surface area contributed by atoms with Crippen molar-refractivity contribution in [2.24, 2.45) is 0 Å². The second-order valence-electron chi connectivity index (χ2n) is 39.1. The molecule has 0 spiro atoms. The van der Waals surface area contributed by atoms with Crippen molar-refractivity contribution in [1.29, 1.82) is 0 Å². The summed E-state index contributed by atoms with van der Waals surface area (Å²) in [5.74, 6) is 3.66. The largest absolute Gasteiger partial charge is 0.416 e. The molecule has 6 saturated heterocycles. The summed E-state index contributed by atoms with van der Waals surface area (Å²) >= 11 is 24.4. The van der Waals surface area contributed by atoms with E-state index in [2.05, 4.69) is 111 Å². The molecule has 150 heavy (non-hydrogen) atoms. The Bertz CT molecular complexity index is 5990. The number of urea groups is 4. The second kappa shape index (κ2) is 57.3. The van der Waals surface area contributed by atoms with Crippen LogP contribution in [-0.2, 0) is 74.1 Å². The molecule has 6 aliphatic rings. The van der Waals surface area contributed by atoms with E-state index in [0.717, 1.165) is 239 Å². The number of nitrogens with one attached hydrogen (secondary N) is 4. The first kappa shape index (κ1) is 115. The molecule has 10 aromatic carbocycles. The van der Waals surface area contributed by atoms with Crippen molar-refractivity contribution in [2.75, 3.05) is 123 Å². The fourth-order valence-corrected chi connectivity index (χ4v) is 20.6. The fraction of sp³-hybridized carbons (Fsp3) is 0.407. The third kappa shape index (κ3) is 35.4. The van der Waals surface area contributed by atoms with E-state index in [-0.39, 0.29) is 59.2 Å². The summed E-state index contributed by atoms with van der Waals surface area (Å²) in [6.07, 6.45) is 18.0. The molecule has 796 valence electrons.